The number of oxazole rings is 2. The van der Waals surface area contributed by atoms with E-state index in [0.717, 1.165) is 35.0 Å². The van der Waals surface area contributed by atoms with E-state index >= 15 is 0 Å². The highest BCUT2D eigenvalue weighted by Gasteiger charge is 2.38. The topological polar surface area (TPSA) is 467 Å². The van der Waals surface area contributed by atoms with Gasteiger partial charge in [-0.25, -0.2) is 29.9 Å². The number of ether oxygens (including phenoxy) is 2. The molecule has 5 aromatic heterocycles. The number of pyridine rings is 1. The van der Waals surface area contributed by atoms with Gasteiger partial charge in [0.1, 0.15) is 74.0 Å². The zero-order valence-corrected chi connectivity index (χ0v) is 48.0. The van der Waals surface area contributed by atoms with Crippen LogP contribution in [0.1, 0.15) is 91.5 Å². The van der Waals surface area contributed by atoms with Crippen LogP contribution >= 0.6 is 22.7 Å². The molecule has 0 spiro atoms. The van der Waals surface area contributed by atoms with E-state index in [0.29, 0.717) is 0 Å². The number of nitrogens with one attached hydrogen (secondary N) is 9. The Morgan fingerprint density at radius 2 is 1.45 bits per heavy atom. The average molecular weight is 1230 g/mol. The third-order valence-electron chi connectivity index (χ3n) is 11.9. The molecule has 7 heterocycles. The Labute approximate surface area is 499 Å². The third-order valence-corrected chi connectivity index (χ3v) is 13.7. The smallest absolute Gasteiger partial charge is 0.278 e. The van der Waals surface area contributed by atoms with E-state index in [-0.39, 0.29) is 84.6 Å². The summed E-state index contributed by atoms with van der Waals surface area (Å²) in [5.74, 6) is -10.7. The van der Waals surface area contributed by atoms with Gasteiger partial charge in [-0.2, -0.15) is 0 Å². The number of aliphatic hydroxyl groups is 2. The first kappa shape index (κ1) is 63.6. The maximum absolute atomic E-state index is 13.9. The lowest BCUT2D eigenvalue weighted by Crippen LogP contribution is -2.52. The lowest BCUT2D eigenvalue weighted by molar-refractivity contribution is -0.127. The second-order valence-corrected chi connectivity index (χ2v) is 19.9. The monoisotopic (exact) mass is 1230 g/mol. The number of carbonyl (C=O) groups is 10. The molecule has 13 N–H and O–H groups in total. The van der Waals surface area contributed by atoms with Gasteiger partial charge in [0.2, 0.25) is 23.6 Å². The molecular weight excluding hydrogens is 1180 g/mol. The summed E-state index contributed by atoms with van der Waals surface area (Å²) in [4.78, 5) is 159. The molecule has 0 radical (unpaired) electrons. The van der Waals surface area contributed by atoms with Crippen molar-refractivity contribution < 1.29 is 76.5 Å². The zero-order valence-electron chi connectivity index (χ0n) is 46.4. The molecule has 0 saturated heterocycles. The van der Waals surface area contributed by atoms with E-state index in [1.54, 1.807) is 6.92 Å². The van der Waals surface area contributed by atoms with Crippen LogP contribution in [0.4, 0.5) is 0 Å². The first-order valence-electron chi connectivity index (χ1n) is 25.1. The number of amides is 10. The number of hydrogen-bond acceptors (Lipinski definition) is 24. The van der Waals surface area contributed by atoms with Crippen molar-refractivity contribution in [3.05, 3.63) is 148 Å². The zero-order chi connectivity index (χ0) is 63.7. The molecule has 7 rings (SSSR count). The number of nitrogens with zero attached hydrogens (tertiary/aromatic N) is 6. The number of methoxy groups -OCH3 is 1. The number of aromatic nitrogens is 5. The first-order chi connectivity index (χ1) is 41.2. The normalized spacial score (nSPS) is 19.2. The Bertz CT molecular complexity index is 3860. The highest BCUT2D eigenvalue weighted by Crippen LogP contribution is 2.34. The van der Waals surface area contributed by atoms with Gasteiger partial charge in [-0.05, 0) is 45.9 Å². The summed E-state index contributed by atoms with van der Waals surface area (Å²) in [6, 6.07) is -0.490. The number of carbonyl (C=O) groups excluding carboxylic acids is 10. The van der Waals surface area contributed by atoms with E-state index in [2.05, 4.69) is 105 Å². The van der Waals surface area contributed by atoms with Gasteiger partial charge < -0.3 is 82.1 Å². The first-order valence-corrected chi connectivity index (χ1v) is 26.8. The number of aliphatic hydroxyl groups excluding tert-OH is 2. The number of nitrogens with two attached hydrogens (primary N) is 1. The van der Waals surface area contributed by atoms with Crippen molar-refractivity contribution in [2.75, 3.05) is 13.7 Å². The summed E-state index contributed by atoms with van der Waals surface area (Å²) in [6.07, 6.45) is -0.232. The number of allylic oxidation sites excluding steroid dienone is 1. The molecule has 0 fully saturated rings. The number of aryl methyl sites for hydroxylation is 1. The molecule has 452 valence electrons. The van der Waals surface area contributed by atoms with Gasteiger partial charge in [-0.15, -0.1) is 22.7 Å². The van der Waals surface area contributed by atoms with Crippen molar-refractivity contribution >= 4 is 99.0 Å². The minimum atomic E-state index is -1.72. The maximum atomic E-state index is 13.9. The molecule has 5 aromatic rings. The summed E-state index contributed by atoms with van der Waals surface area (Å²) in [5, 5.41) is 44.8. The summed E-state index contributed by atoms with van der Waals surface area (Å²) < 4.78 is 22.7. The van der Waals surface area contributed by atoms with Crippen LogP contribution in [0.15, 0.2) is 117 Å². The summed E-state index contributed by atoms with van der Waals surface area (Å²) in [6.45, 7) is 22.6. The fraction of sp³-hybridized carbons (Fsp3) is 0.208. The Hall–Kier alpha value is -10.9. The maximum Gasteiger partial charge on any atom is 0.278 e. The molecule has 32 nitrogen and oxygen atoms in total. The average Bonchev–Trinajstić information content (AvgIpc) is 2.86. The second kappa shape index (κ2) is 27.2. The van der Waals surface area contributed by atoms with Gasteiger partial charge in [0, 0.05) is 23.4 Å². The molecule has 0 aliphatic carbocycles. The molecule has 5 atom stereocenters. The summed E-state index contributed by atoms with van der Waals surface area (Å²) in [5.41, 5.74) is 0.924. The van der Waals surface area contributed by atoms with Crippen LogP contribution in [0.5, 0.6) is 0 Å². The van der Waals surface area contributed by atoms with Crippen LogP contribution in [0.25, 0.3) is 33.4 Å². The van der Waals surface area contributed by atoms with Crippen molar-refractivity contribution in [1.29, 1.82) is 0 Å². The molecule has 2 aliphatic heterocycles. The van der Waals surface area contributed by atoms with Gasteiger partial charge in [-0.3, -0.25) is 47.9 Å². The Morgan fingerprint density at radius 3 is 2.11 bits per heavy atom. The van der Waals surface area contributed by atoms with E-state index in [9.17, 15) is 58.2 Å². The number of aliphatic imine (C=N–C) groups is 1. The van der Waals surface area contributed by atoms with Crippen molar-refractivity contribution in [3.8, 4) is 22.0 Å². The summed E-state index contributed by atoms with van der Waals surface area (Å²) in [7, 11) is 1.27. The second-order valence-electron chi connectivity index (χ2n) is 18.2. The van der Waals surface area contributed by atoms with Crippen LogP contribution in [0, 0.1) is 6.92 Å². The molecular formula is C53H52N16O16S2. The molecule has 10 amide bonds. The summed E-state index contributed by atoms with van der Waals surface area (Å²) >= 11 is 1.82. The fourth-order valence-electron chi connectivity index (χ4n) is 7.42. The fourth-order valence-corrected chi connectivity index (χ4v) is 9.07. The highest BCUT2D eigenvalue weighted by molar-refractivity contribution is 7.13. The van der Waals surface area contributed by atoms with Gasteiger partial charge in [0.15, 0.2) is 18.0 Å². The quantitative estimate of drug-likeness (QED) is 0.0809. The van der Waals surface area contributed by atoms with Crippen molar-refractivity contribution in [3.63, 3.8) is 0 Å². The van der Waals surface area contributed by atoms with E-state index in [1.807, 2.05) is 5.32 Å². The van der Waals surface area contributed by atoms with Crippen molar-refractivity contribution in [2.45, 2.75) is 58.2 Å². The highest BCUT2D eigenvalue weighted by atomic mass is 32.1. The Morgan fingerprint density at radius 1 is 0.782 bits per heavy atom. The number of rotatable bonds is 10. The molecule has 0 aromatic carbocycles. The van der Waals surface area contributed by atoms with Gasteiger partial charge >= 0.3 is 0 Å². The van der Waals surface area contributed by atoms with Crippen LogP contribution in [0.3, 0.4) is 0 Å². The minimum Gasteiger partial charge on any atom is -0.471 e. The lowest BCUT2D eigenvalue weighted by Gasteiger charge is -2.21. The van der Waals surface area contributed by atoms with Crippen LogP contribution in [-0.4, -0.2) is 138 Å². The standard InChI is InChI=1S/C53H52N16O16S2/c1-11-28-49-67-35(25(8)84-49)46(80)58-22(5)41(75)59-23(6)48-63-31(16-83-48)37-27(12-13-29(60-37)42(76)57-21(4)40(74)56-20(3)39(73)55-19(2)38(54)72)52-64-33(17-86-52)44(78)66-34(24(7)71)45(79)62-30(14-15-70)50-68-36(26(9)85-50)47(81)69-51(82-10)53-65-32(18-87-53)43(77)61-28/h11-14,16-18,24,26,34,36,51,70-71H,2-6,15H2,1,7-10H3,(H2,54,72)(H,55,73)(H,56,74)(H,57,76)(H,58,80)(H,59,75)(H,61,77)(H,62,79)(H,66,78)(H,69,81)/b28-11-,30-14-/t24-,26?,34+,36?,51?/m1/s1. The Balaban J connectivity index is 1.22. The SMILES string of the molecule is C=C(NC(=O)C(=C)NC(=O)C(=C)NC(=O)c1ccc2c(n1)-c1coc(n1)C(=C)NC(=O)C(=C)NC(=O)c1nc(oc1C)/C(=C/C)NC(=O)c1csc(n1)C(OC)NC(=O)C1N=C(OC1C)/C(=C/CO)NC(=O)[C@H]([C@@H](C)O)NC(=O)c1csc-2n1)C(N)=O. The molecule has 2 aliphatic rings. The van der Waals surface area contributed by atoms with Crippen molar-refractivity contribution in [1.82, 2.24) is 72.8 Å². The molecule has 10 bridgehead atoms. The number of fused-ring (bicyclic) bond motifs is 12. The van der Waals surface area contributed by atoms with Crippen LogP contribution in [0.2, 0.25) is 0 Å². The van der Waals surface area contributed by atoms with Gasteiger partial charge in [0.05, 0.1) is 41.2 Å². The molecule has 3 unspecified atom stereocenters. The van der Waals surface area contributed by atoms with Crippen molar-refractivity contribution in [2.24, 2.45) is 10.7 Å². The van der Waals surface area contributed by atoms with Crippen LogP contribution in [-0.2, 0) is 38.2 Å². The predicted octanol–water partition coefficient (Wildman–Crippen LogP) is -0.145. The third kappa shape index (κ3) is 14.9. The van der Waals surface area contributed by atoms with Crippen LogP contribution < -0.4 is 53.6 Å². The predicted molar refractivity (Wildman–Crippen MR) is 305 cm³/mol. The minimum absolute atomic E-state index is 0.00337. The van der Waals surface area contributed by atoms with E-state index in [4.69, 9.17) is 24.0 Å². The molecule has 0 saturated carbocycles. The Kier molecular flexibility index (Phi) is 19.9. The lowest BCUT2D eigenvalue weighted by atomic mass is 10.1. The van der Waals surface area contributed by atoms with E-state index < -0.39 is 125 Å². The molecule has 87 heavy (non-hydrogen) atoms. The van der Waals surface area contributed by atoms with Gasteiger partial charge in [0.25, 0.3) is 53.2 Å². The largest absolute Gasteiger partial charge is 0.471 e. The molecule has 34 heteroatoms. The number of primary amides is 1. The van der Waals surface area contributed by atoms with Gasteiger partial charge in [-0.1, -0.05) is 39.0 Å². The number of hydrogen-bond donors (Lipinski definition) is 12. The number of thiazole rings is 2. The van der Waals surface area contributed by atoms with E-state index in [1.165, 1.54) is 56.8 Å².